The summed E-state index contributed by atoms with van der Waals surface area (Å²) in [6, 6.07) is 20.4. The number of aryl methyl sites for hydroxylation is 2. The van der Waals surface area contributed by atoms with Crippen LogP contribution < -0.4 is 5.32 Å². The Morgan fingerprint density at radius 1 is 0.647 bits per heavy atom. The van der Waals surface area contributed by atoms with E-state index in [9.17, 15) is 14.4 Å². The molecule has 6 atom stereocenters. The van der Waals surface area contributed by atoms with Crippen molar-refractivity contribution >= 4 is 26.9 Å². The van der Waals surface area contributed by atoms with Crippen LogP contribution in [0.1, 0.15) is 199 Å². The molecular weight excluding hydrogens is 871 g/mol. The molecule has 1 amide bonds. The van der Waals surface area contributed by atoms with Crippen molar-refractivity contribution in [2.45, 2.75) is 256 Å². The summed E-state index contributed by atoms with van der Waals surface area (Å²) in [5.74, 6) is -0.910. The molecule has 0 saturated carbocycles. The summed E-state index contributed by atoms with van der Waals surface area (Å²) in [5.41, 5.74) is 2.31. The average molecular weight is 966 g/mol. The highest BCUT2D eigenvalue weighted by molar-refractivity contribution is 6.48. The minimum absolute atomic E-state index is 0.00978. The van der Waals surface area contributed by atoms with Crippen LogP contribution in [0, 0.1) is 0 Å². The number of carbonyl (C=O) groups is 3. The van der Waals surface area contributed by atoms with Gasteiger partial charge in [-0.2, -0.15) is 0 Å². The van der Waals surface area contributed by atoms with Gasteiger partial charge < -0.3 is 33.4 Å². The minimum Gasteiger partial charge on any atom is -0.462 e. The highest BCUT2D eigenvalue weighted by Gasteiger charge is 2.50. The molecule has 386 valence electrons. The van der Waals surface area contributed by atoms with E-state index >= 15 is 0 Å². The highest BCUT2D eigenvalue weighted by atomic mass is 28.3. The molecule has 1 fully saturated rings. The lowest BCUT2D eigenvalue weighted by molar-refractivity contribution is -0.269. The van der Waals surface area contributed by atoms with Gasteiger partial charge in [0.1, 0.15) is 24.4 Å². The fraction of sp³-hybridized carbons (Fsp3) is 0.737. The van der Waals surface area contributed by atoms with Crippen LogP contribution in [0.15, 0.2) is 60.7 Å². The molecule has 0 radical (unpaired) electrons. The van der Waals surface area contributed by atoms with Crippen molar-refractivity contribution in [2.24, 2.45) is 0 Å². The molecule has 1 aliphatic heterocycles. The van der Waals surface area contributed by atoms with Crippen molar-refractivity contribution in [1.29, 1.82) is 0 Å². The number of rotatable bonds is 38. The second kappa shape index (κ2) is 35.9. The van der Waals surface area contributed by atoms with Crippen LogP contribution in [0.5, 0.6) is 0 Å². The van der Waals surface area contributed by atoms with Gasteiger partial charge in [-0.15, -0.1) is 0 Å². The Hall–Kier alpha value is -3.09. The number of nitrogens with one attached hydrogen (secondary N) is 1. The van der Waals surface area contributed by atoms with E-state index in [4.69, 9.17) is 28.1 Å². The van der Waals surface area contributed by atoms with E-state index in [1.165, 1.54) is 69.6 Å². The molecule has 3 rings (SSSR count). The quantitative estimate of drug-likeness (QED) is 0.0399. The first-order valence-corrected chi connectivity index (χ1v) is 29.9. The van der Waals surface area contributed by atoms with Gasteiger partial charge in [0.05, 0.1) is 18.6 Å². The second-order valence-corrected chi connectivity index (χ2v) is 22.9. The maximum Gasteiger partial charge on any atom is 0.306 e. The molecule has 1 heterocycles. The van der Waals surface area contributed by atoms with E-state index in [-0.39, 0.29) is 37.3 Å². The van der Waals surface area contributed by atoms with E-state index in [1.54, 1.807) is 0 Å². The molecule has 0 spiro atoms. The lowest BCUT2D eigenvalue weighted by atomic mass is 9.95. The first-order chi connectivity index (χ1) is 32.9. The van der Waals surface area contributed by atoms with Crippen LogP contribution in [0.4, 0.5) is 0 Å². The number of esters is 2. The first-order valence-electron chi connectivity index (χ1n) is 27.1. The lowest BCUT2D eigenvalue weighted by Gasteiger charge is -2.46. The Morgan fingerprint density at radius 2 is 1.13 bits per heavy atom. The molecule has 10 nitrogen and oxygen atoms in total. The monoisotopic (exact) mass is 966 g/mol. The van der Waals surface area contributed by atoms with Crippen molar-refractivity contribution < 1.29 is 42.5 Å². The van der Waals surface area contributed by atoms with Gasteiger partial charge in [-0.05, 0) is 96.4 Å². The van der Waals surface area contributed by atoms with E-state index in [1.807, 2.05) is 20.8 Å². The van der Waals surface area contributed by atoms with Crippen molar-refractivity contribution in [1.82, 2.24) is 5.32 Å². The molecule has 11 heteroatoms. The van der Waals surface area contributed by atoms with Crippen LogP contribution in [0.25, 0.3) is 0 Å². The molecular formula is C57H95NO9Si. The molecule has 2 aromatic carbocycles. The number of carbonyl (C=O) groups excluding carboxylic acids is 3. The summed E-state index contributed by atoms with van der Waals surface area (Å²) in [6.07, 6.45) is 22.7. The summed E-state index contributed by atoms with van der Waals surface area (Å²) in [5, 5.41) is 3.14. The van der Waals surface area contributed by atoms with E-state index in [2.05, 4.69) is 86.0 Å². The van der Waals surface area contributed by atoms with Gasteiger partial charge in [0.2, 0.25) is 5.91 Å². The third-order valence-corrected chi connectivity index (χ3v) is 13.7. The Balaban J connectivity index is 1.63. The van der Waals surface area contributed by atoms with Gasteiger partial charge in [-0.3, -0.25) is 14.4 Å². The van der Waals surface area contributed by atoms with Gasteiger partial charge in [0.25, 0.3) is 0 Å². The van der Waals surface area contributed by atoms with Crippen molar-refractivity contribution in [2.75, 3.05) is 13.7 Å². The molecule has 1 N–H and O–H groups in total. The number of unbranched alkanes of at least 4 members (excludes halogenated alkanes) is 18. The van der Waals surface area contributed by atoms with Gasteiger partial charge >= 0.3 is 11.9 Å². The predicted molar refractivity (Wildman–Crippen MR) is 278 cm³/mol. The Kier molecular flexibility index (Phi) is 31.3. The Morgan fingerprint density at radius 3 is 1.63 bits per heavy atom. The largest absolute Gasteiger partial charge is 0.462 e. The molecule has 1 unspecified atom stereocenters. The standard InChI is InChI=1S/C57H95NO9Si/c1-8-9-10-11-12-13-14-21-32-41-48(64-51(60)42-33-22-17-15-19-26-35-46-37-28-24-29-38-46)44-50(59)58-53-55(54(67-68(6)7)49(65-56(53)62-5)45-63-57(2,3)4)66-52(61)43-34-23-18-16-20-27-36-47-39-30-25-31-40-47/h24-25,28-31,37-40,48-49,53-56,68H,8-23,26-27,32-36,41-45H2,1-7H3,(H,58,59)/t48?,49-,53-,54-,55-,56-/m1/s1. The summed E-state index contributed by atoms with van der Waals surface area (Å²) in [4.78, 5) is 41.2. The maximum atomic E-state index is 14.2. The zero-order chi connectivity index (χ0) is 49.2. The average Bonchev–Trinajstić information content (AvgIpc) is 3.31. The normalized spacial score (nSPS) is 18.9. The van der Waals surface area contributed by atoms with Crippen LogP contribution in [-0.4, -0.2) is 83.0 Å². The third kappa shape index (κ3) is 27.3. The first kappa shape index (κ1) is 59.2. The fourth-order valence-corrected chi connectivity index (χ4v) is 10.00. The van der Waals surface area contributed by atoms with Crippen molar-refractivity contribution in [3.63, 3.8) is 0 Å². The van der Waals surface area contributed by atoms with Crippen LogP contribution in [-0.2, 0) is 55.3 Å². The molecule has 0 aromatic heterocycles. The van der Waals surface area contributed by atoms with Crippen molar-refractivity contribution in [3.8, 4) is 0 Å². The number of methoxy groups -OCH3 is 1. The zero-order valence-corrected chi connectivity index (χ0v) is 44.9. The fourth-order valence-electron chi connectivity index (χ4n) is 9.04. The summed E-state index contributed by atoms with van der Waals surface area (Å²) in [6.45, 7) is 12.5. The summed E-state index contributed by atoms with van der Waals surface area (Å²) in [7, 11) is -0.198. The van der Waals surface area contributed by atoms with E-state index in [0.29, 0.717) is 19.3 Å². The lowest BCUT2D eigenvalue weighted by Crippen LogP contribution is -2.67. The van der Waals surface area contributed by atoms with E-state index in [0.717, 1.165) is 89.9 Å². The smallest absolute Gasteiger partial charge is 0.306 e. The summed E-state index contributed by atoms with van der Waals surface area (Å²) >= 11 is 0. The second-order valence-electron chi connectivity index (χ2n) is 20.5. The van der Waals surface area contributed by atoms with Gasteiger partial charge in [0.15, 0.2) is 21.4 Å². The minimum atomic E-state index is -1.73. The van der Waals surface area contributed by atoms with Gasteiger partial charge in [-0.1, -0.05) is 170 Å². The third-order valence-electron chi connectivity index (χ3n) is 12.8. The Bertz CT molecular complexity index is 1590. The molecule has 2 aromatic rings. The SMILES string of the molecule is CCCCCCCCCCCC(CC(=O)N[C@H]1[C@H](OC)O[C@H](COC(C)(C)C)[C@@H](O[SiH](C)C)[C@@H]1OC(=O)CCCCCCCCc1ccccc1)OC(=O)CCCCCCCCc1ccccc1. The number of amides is 1. The number of hydrogen-bond acceptors (Lipinski definition) is 9. The van der Waals surface area contributed by atoms with Gasteiger partial charge in [-0.25, -0.2) is 0 Å². The predicted octanol–water partition coefficient (Wildman–Crippen LogP) is 13.1. The Labute approximate surface area is 415 Å². The molecule has 0 bridgehead atoms. The highest BCUT2D eigenvalue weighted by Crippen LogP contribution is 2.30. The topological polar surface area (TPSA) is 119 Å². The maximum absolute atomic E-state index is 14.2. The molecule has 0 aliphatic carbocycles. The molecule has 1 saturated heterocycles. The van der Waals surface area contributed by atoms with Crippen molar-refractivity contribution in [3.05, 3.63) is 71.8 Å². The van der Waals surface area contributed by atoms with Crippen LogP contribution >= 0.6 is 0 Å². The summed E-state index contributed by atoms with van der Waals surface area (Å²) < 4.78 is 37.7. The van der Waals surface area contributed by atoms with Crippen LogP contribution in [0.2, 0.25) is 13.1 Å². The van der Waals surface area contributed by atoms with Crippen LogP contribution in [0.3, 0.4) is 0 Å². The number of benzene rings is 2. The zero-order valence-electron chi connectivity index (χ0n) is 43.8. The van der Waals surface area contributed by atoms with E-state index < -0.39 is 51.4 Å². The molecule has 1 aliphatic rings. The number of hydrogen-bond donors (Lipinski definition) is 1. The molecule has 68 heavy (non-hydrogen) atoms. The van der Waals surface area contributed by atoms with Gasteiger partial charge in [0, 0.05) is 20.0 Å². The number of ether oxygens (including phenoxy) is 5.